The molecule has 7 heteroatoms. The summed E-state index contributed by atoms with van der Waals surface area (Å²) in [6.07, 6.45) is 4.28. The summed E-state index contributed by atoms with van der Waals surface area (Å²) < 4.78 is 0. The van der Waals surface area contributed by atoms with E-state index in [2.05, 4.69) is 20.9 Å². The van der Waals surface area contributed by atoms with E-state index in [1.807, 2.05) is 0 Å². The molecule has 0 aromatic heterocycles. The predicted octanol–water partition coefficient (Wildman–Crippen LogP) is 0.126. The number of carbonyl (C=O) groups excluding carboxylic acids is 2. The minimum Gasteiger partial charge on any atom is -0.356 e. The molecule has 1 heterocycles. The molecule has 128 valence electrons. The summed E-state index contributed by atoms with van der Waals surface area (Å²) in [7, 11) is 0. The Bertz CT molecular complexity index is 344. The molecule has 2 rings (SSSR count). The van der Waals surface area contributed by atoms with Crippen molar-refractivity contribution in [3.8, 4) is 0 Å². The van der Waals surface area contributed by atoms with Crippen LogP contribution in [0, 0.1) is 5.92 Å². The van der Waals surface area contributed by atoms with Crippen LogP contribution in [-0.4, -0.2) is 62.5 Å². The standard InChI is InChI=1S/C15H28N4O2.ClH/c20-14(3-1-6-18-15(21)13-4-5-13)17-7-2-10-19-11-8-16-9-12-19;/h13,16H,1-12H2,(H,17,20)(H,18,21);1H. The van der Waals surface area contributed by atoms with Gasteiger partial charge in [0.25, 0.3) is 0 Å². The van der Waals surface area contributed by atoms with Gasteiger partial charge in [0.15, 0.2) is 0 Å². The van der Waals surface area contributed by atoms with Gasteiger partial charge in [-0.2, -0.15) is 0 Å². The average molecular weight is 333 g/mol. The topological polar surface area (TPSA) is 73.5 Å². The average Bonchev–Trinajstić information content (AvgIpc) is 3.34. The monoisotopic (exact) mass is 332 g/mol. The Labute approximate surface area is 139 Å². The zero-order valence-electron chi connectivity index (χ0n) is 13.2. The molecule has 0 bridgehead atoms. The van der Waals surface area contributed by atoms with Crippen molar-refractivity contribution < 1.29 is 9.59 Å². The highest BCUT2D eigenvalue weighted by molar-refractivity contribution is 5.85. The Morgan fingerprint density at radius 3 is 2.41 bits per heavy atom. The summed E-state index contributed by atoms with van der Waals surface area (Å²) in [6, 6.07) is 0. The van der Waals surface area contributed by atoms with E-state index in [-0.39, 0.29) is 30.1 Å². The fourth-order valence-corrected chi connectivity index (χ4v) is 2.50. The fraction of sp³-hybridized carbons (Fsp3) is 0.867. The van der Waals surface area contributed by atoms with Crippen LogP contribution in [0.2, 0.25) is 0 Å². The van der Waals surface area contributed by atoms with Gasteiger partial charge in [0.05, 0.1) is 0 Å². The number of nitrogens with one attached hydrogen (secondary N) is 3. The van der Waals surface area contributed by atoms with Gasteiger partial charge in [-0.25, -0.2) is 0 Å². The number of rotatable bonds is 9. The maximum absolute atomic E-state index is 11.6. The highest BCUT2D eigenvalue weighted by Crippen LogP contribution is 2.28. The van der Waals surface area contributed by atoms with Gasteiger partial charge in [-0.3, -0.25) is 9.59 Å². The van der Waals surface area contributed by atoms with Crippen LogP contribution in [-0.2, 0) is 9.59 Å². The molecular formula is C15H29ClN4O2. The van der Waals surface area contributed by atoms with Crippen molar-refractivity contribution >= 4 is 24.2 Å². The minimum absolute atomic E-state index is 0. The third kappa shape index (κ3) is 7.96. The Morgan fingerprint density at radius 2 is 1.73 bits per heavy atom. The second-order valence-electron chi connectivity index (χ2n) is 5.96. The Morgan fingerprint density at radius 1 is 1.05 bits per heavy atom. The summed E-state index contributed by atoms with van der Waals surface area (Å²) in [5.41, 5.74) is 0. The highest BCUT2D eigenvalue weighted by Gasteiger charge is 2.28. The maximum Gasteiger partial charge on any atom is 0.223 e. The van der Waals surface area contributed by atoms with E-state index >= 15 is 0 Å². The van der Waals surface area contributed by atoms with Gasteiger partial charge in [-0.1, -0.05) is 0 Å². The van der Waals surface area contributed by atoms with Gasteiger partial charge in [-0.05, 0) is 32.2 Å². The Balaban J connectivity index is 0.00000242. The smallest absolute Gasteiger partial charge is 0.223 e. The van der Waals surface area contributed by atoms with Crippen molar-refractivity contribution in [2.45, 2.75) is 32.1 Å². The lowest BCUT2D eigenvalue weighted by molar-refractivity contribution is -0.123. The van der Waals surface area contributed by atoms with E-state index in [0.717, 1.165) is 65.0 Å². The van der Waals surface area contributed by atoms with Gasteiger partial charge in [0.2, 0.25) is 11.8 Å². The van der Waals surface area contributed by atoms with Crippen LogP contribution < -0.4 is 16.0 Å². The van der Waals surface area contributed by atoms with Crippen LogP contribution in [0.3, 0.4) is 0 Å². The van der Waals surface area contributed by atoms with Crippen molar-refractivity contribution in [3.63, 3.8) is 0 Å². The largest absolute Gasteiger partial charge is 0.356 e. The first-order chi connectivity index (χ1) is 10.3. The minimum atomic E-state index is 0. The molecule has 0 aromatic carbocycles. The first-order valence-electron chi connectivity index (χ1n) is 8.23. The second kappa shape index (κ2) is 10.8. The molecule has 1 aliphatic heterocycles. The summed E-state index contributed by atoms with van der Waals surface area (Å²) in [4.78, 5) is 25.5. The molecule has 1 saturated carbocycles. The number of hydrogen-bond acceptors (Lipinski definition) is 4. The first-order valence-corrected chi connectivity index (χ1v) is 8.23. The molecule has 22 heavy (non-hydrogen) atoms. The van der Waals surface area contributed by atoms with Crippen LogP contribution >= 0.6 is 12.4 Å². The Kier molecular flexibility index (Phi) is 9.43. The molecule has 1 saturated heterocycles. The van der Waals surface area contributed by atoms with E-state index in [1.165, 1.54) is 0 Å². The van der Waals surface area contributed by atoms with Crippen molar-refractivity contribution in [3.05, 3.63) is 0 Å². The molecule has 2 fully saturated rings. The molecule has 3 N–H and O–H groups in total. The van der Waals surface area contributed by atoms with Gasteiger partial charge in [-0.15, -0.1) is 12.4 Å². The lowest BCUT2D eigenvalue weighted by Crippen LogP contribution is -2.44. The summed E-state index contributed by atoms with van der Waals surface area (Å²) in [5, 5.41) is 9.16. The molecule has 2 amide bonds. The molecule has 0 aromatic rings. The lowest BCUT2D eigenvalue weighted by Gasteiger charge is -2.27. The first kappa shape index (κ1) is 19.2. The van der Waals surface area contributed by atoms with Crippen molar-refractivity contribution in [2.24, 2.45) is 5.92 Å². The van der Waals surface area contributed by atoms with Gasteiger partial charge in [0, 0.05) is 51.6 Å². The second-order valence-corrected chi connectivity index (χ2v) is 5.96. The van der Waals surface area contributed by atoms with Crippen molar-refractivity contribution in [2.75, 3.05) is 45.8 Å². The zero-order valence-corrected chi connectivity index (χ0v) is 14.1. The molecule has 2 aliphatic rings. The third-order valence-corrected chi connectivity index (χ3v) is 4.01. The van der Waals surface area contributed by atoms with Crippen LogP contribution in [0.1, 0.15) is 32.1 Å². The zero-order chi connectivity index (χ0) is 14.9. The SMILES string of the molecule is Cl.O=C(CCCNC(=O)C1CC1)NCCCN1CCNCC1. The van der Waals surface area contributed by atoms with E-state index in [9.17, 15) is 9.59 Å². The van der Waals surface area contributed by atoms with Crippen LogP contribution in [0.4, 0.5) is 0 Å². The van der Waals surface area contributed by atoms with Crippen LogP contribution in [0.15, 0.2) is 0 Å². The molecule has 0 unspecified atom stereocenters. The molecular weight excluding hydrogens is 304 g/mol. The number of piperazine rings is 1. The van der Waals surface area contributed by atoms with Gasteiger partial charge in [0.1, 0.15) is 0 Å². The number of amides is 2. The summed E-state index contributed by atoms with van der Waals surface area (Å²) in [6.45, 7) is 6.77. The van der Waals surface area contributed by atoms with E-state index in [1.54, 1.807) is 0 Å². The summed E-state index contributed by atoms with van der Waals surface area (Å²) >= 11 is 0. The third-order valence-electron chi connectivity index (χ3n) is 4.01. The number of nitrogens with zero attached hydrogens (tertiary/aromatic N) is 1. The quantitative estimate of drug-likeness (QED) is 0.525. The predicted molar refractivity (Wildman–Crippen MR) is 89.2 cm³/mol. The van der Waals surface area contributed by atoms with Crippen molar-refractivity contribution in [1.29, 1.82) is 0 Å². The van der Waals surface area contributed by atoms with Crippen molar-refractivity contribution in [1.82, 2.24) is 20.9 Å². The molecule has 1 aliphatic carbocycles. The molecule has 0 radical (unpaired) electrons. The van der Waals surface area contributed by atoms with E-state index < -0.39 is 0 Å². The lowest BCUT2D eigenvalue weighted by atomic mass is 10.2. The Hall–Kier alpha value is -0.850. The normalized spacial score (nSPS) is 18.4. The number of halogens is 1. The number of hydrogen-bond donors (Lipinski definition) is 3. The highest BCUT2D eigenvalue weighted by atomic mass is 35.5. The van der Waals surface area contributed by atoms with E-state index in [4.69, 9.17) is 0 Å². The van der Waals surface area contributed by atoms with Crippen LogP contribution in [0.5, 0.6) is 0 Å². The molecule has 0 atom stereocenters. The van der Waals surface area contributed by atoms with Gasteiger partial charge >= 0.3 is 0 Å². The maximum atomic E-state index is 11.6. The summed E-state index contributed by atoms with van der Waals surface area (Å²) in [5.74, 6) is 0.506. The van der Waals surface area contributed by atoms with E-state index in [0.29, 0.717) is 13.0 Å². The molecule has 6 nitrogen and oxygen atoms in total. The fourth-order valence-electron chi connectivity index (χ4n) is 2.50. The van der Waals surface area contributed by atoms with Crippen LogP contribution in [0.25, 0.3) is 0 Å². The molecule has 0 spiro atoms. The van der Waals surface area contributed by atoms with Gasteiger partial charge < -0.3 is 20.9 Å². The number of carbonyl (C=O) groups is 2.